The molecule has 3 heterocycles. The van der Waals surface area contributed by atoms with Gasteiger partial charge in [0, 0.05) is 27.6 Å². The molecule has 2 atom stereocenters. The molecule has 1 aliphatic heterocycles. The van der Waals surface area contributed by atoms with Crippen molar-refractivity contribution in [2.24, 2.45) is 11.8 Å². The van der Waals surface area contributed by atoms with E-state index < -0.39 is 17.9 Å². The summed E-state index contributed by atoms with van der Waals surface area (Å²) in [5.74, 6) is -0.0155. The standard InChI is InChI=1S/C39H43Cl2N3O7S/c1-43-14-12-25(13-15-43)23-51-39(47)36(26-6-4-3-5-7-26)42-19-28-17-30(37(52-28)38(45)46)29(18-31-32(40)20-44(48)21-33(31)41)27-10-11-34(49-2)35(16-27)50-22-24-8-9-24/h3-7,10-11,16-17,20-21,24-25,29,36,42H,8-9,12-15,18-19,22-23H2,1-2H3,(H-,45,46,48)/p+1. The maximum Gasteiger partial charge on any atom is 0.346 e. The molecule has 0 radical (unpaired) electrons. The van der Waals surface area contributed by atoms with Crippen LogP contribution >= 0.6 is 34.5 Å². The van der Waals surface area contributed by atoms with Gasteiger partial charge < -0.3 is 24.2 Å². The maximum absolute atomic E-state index is 13.6. The number of piperidine rings is 1. The largest absolute Gasteiger partial charge is 0.493 e. The first kappa shape index (κ1) is 37.9. The fourth-order valence-electron chi connectivity index (χ4n) is 6.53. The molecule has 2 unspecified atom stereocenters. The lowest BCUT2D eigenvalue weighted by Crippen LogP contribution is -2.34. The van der Waals surface area contributed by atoms with E-state index in [-0.39, 0.29) is 33.9 Å². The number of halogens is 2. The number of thiophene rings is 1. The molecule has 6 rings (SSSR count). The second-order valence-corrected chi connectivity index (χ2v) is 15.6. The van der Waals surface area contributed by atoms with Crippen LogP contribution in [0.1, 0.15) is 74.4 Å². The Morgan fingerprint density at radius 3 is 2.31 bits per heavy atom. The Labute approximate surface area is 317 Å². The molecule has 4 aromatic rings. The van der Waals surface area contributed by atoms with E-state index in [1.54, 1.807) is 7.11 Å². The quantitative estimate of drug-likeness (QED) is 0.0619. The summed E-state index contributed by atoms with van der Waals surface area (Å²) in [6.07, 6.45) is 7.11. The SMILES string of the molecule is COc1ccc(C(Cc2c(Cl)c[n+](O)cc2Cl)c2cc(CNC(C(=O)OCC3CCN(C)CC3)c3ccccc3)sc2C(=O)O)cc1OCC1CC1. The van der Waals surface area contributed by atoms with E-state index in [2.05, 4.69) is 17.3 Å². The lowest BCUT2D eigenvalue weighted by atomic mass is 9.85. The monoisotopic (exact) mass is 768 g/mol. The molecule has 0 spiro atoms. The van der Waals surface area contributed by atoms with Gasteiger partial charge >= 0.3 is 11.9 Å². The molecule has 3 N–H and O–H groups in total. The third-order valence-electron chi connectivity index (χ3n) is 9.77. The minimum absolute atomic E-state index is 0.152. The van der Waals surface area contributed by atoms with Crippen LogP contribution in [0, 0.1) is 11.8 Å². The summed E-state index contributed by atoms with van der Waals surface area (Å²) in [5.41, 5.74) is 2.64. The minimum atomic E-state index is -1.08. The van der Waals surface area contributed by atoms with E-state index in [0.717, 1.165) is 70.8 Å². The van der Waals surface area contributed by atoms with Crippen molar-refractivity contribution >= 4 is 46.5 Å². The van der Waals surface area contributed by atoms with Crippen molar-refractivity contribution in [1.29, 1.82) is 0 Å². The number of carbonyl (C=O) groups excluding carboxylic acids is 1. The molecule has 2 aromatic heterocycles. The van der Waals surface area contributed by atoms with Gasteiger partial charge in [-0.05, 0) is 99.0 Å². The predicted molar refractivity (Wildman–Crippen MR) is 199 cm³/mol. The molecule has 10 nitrogen and oxygen atoms in total. The molecule has 0 amide bonds. The molecule has 13 heteroatoms. The number of carboxylic acid groups (broad SMARTS) is 1. The van der Waals surface area contributed by atoms with Crippen LogP contribution in [0.4, 0.5) is 0 Å². The molecule has 0 bridgehead atoms. The average Bonchev–Trinajstić information content (AvgIpc) is 3.87. The first-order valence-electron chi connectivity index (χ1n) is 17.5. The van der Waals surface area contributed by atoms with E-state index >= 15 is 0 Å². The van der Waals surface area contributed by atoms with Crippen LogP contribution in [0.3, 0.4) is 0 Å². The number of hydrogen-bond acceptors (Lipinski definition) is 9. The third-order valence-corrected chi connectivity index (χ3v) is 11.6. The normalized spacial score (nSPS) is 16.3. The highest BCUT2D eigenvalue weighted by atomic mass is 35.5. The van der Waals surface area contributed by atoms with Gasteiger partial charge in [0.1, 0.15) is 21.0 Å². The predicted octanol–water partition coefficient (Wildman–Crippen LogP) is 7.17. The number of pyridine rings is 1. The summed E-state index contributed by atoms with van der Waals surface area (Å²) in [6, 6.07) is 16.1. The summed E-state index contributed by atoms with van der Waals surface area (Å²) in [4.78, 5) is 29.6. The molecule has 2 aromatic carbocycles. The molecule has 52 heavy (non-hydrogen) atoms. The first-order chi connectivity index (χ1) is 25.1. The lowest BCUT2D eigenvalue weighted by molar-refractivity contribution is -0.904. The number of hydrogen-bond donors (Lipinski definition) is 3. The van der Waals surface area contributed by atoms with E-state index in [1.165, 1.54) is 12.4 Å². The summed E-state index contributed by atoms with van der Waals surface area (Å²) in [5, 5.41) is 24.4. The Bertz CT molecular complexity index is 1840. The lowest BCUT2D eigenvalue weighted by Gasteiger charge is -2.29. The second-order valence-electron chi connectivity index (χ2n) is 13.6. The van der Waals surface area contributed by atoms with E-state index in [1.807, 2.05) is 54.6 Å². The number of nitrogens with zero attached hydrogens (tertiary/aromatic N) is 2. The number of carboxylic acids is 1. The summed E-state index contributed by atoms with van der Waals surface area (Å²) in [7, 11) is 3.68. The topological polar surface area (TPSA) is 121 Å². The Balaban J connectivity index is 1.30. The number of carbonyl (C=O) groups is 2. The highest BCUT2D eigenvalue weighted by Crippen LogP contribution is 2.42. The van der Waals surface area contributed by atoms with Crippen LogP contribution in [0.25, 0.3) is 0 Å². The van der Waals surface area contributed by atoms with Crippen molar-refractivity contribution in [3.63, 3.8) is 0 Å². The number of methoxy groups -OCH3 is 1. The minimum Gasteiger partial charge on any atom is -0.493 e. The van der Waals surface area contributed by atoms with Crippen LogP contribution in [-0.2, 0) is 22.5 Å². The van der Waals surface area contributed by atoms with Gasteiger partial charge in [-0.15, -0.1) is 11.3 Å². The van der Waals surface area contributed by atoms with Gasteiger partial charge in [-0.3, -0.25) is 10.5 Å². The number of benzene rings is 2. The van der Waals surface area contributed by atoms with Crippen molar-refractivity contribution in [3.05, 3.63) is 109 Å². The molecule has 1 saturated carbocycles. The van der Waals surface area contributed by atoms with Crippen molar-refractivity contribution < 1.29 is 38.8 Å². The van der Waals surface area contributed by atoms with E-state index in [4.69, 9.17) is 37.4 Å². The smallest absolute Gasteiger partial charge is 0.346 e. The highest BCUT2D eigenvalue weighted by Gasteiger charge is 2.30. The Morgan fingerprint density at radius 1 is 0.962 bits per heavy atom. The number of esters is 1. The summed E-state index contributed by atoms with van der Waals surface area (Å²) < 4.78 is 18.5. The van der Waals surface area contributed by atoms with Gasteiger partial charge in [0.15, 0.2) is 11.5 Å². The Hall–Kier alpha value is -3.87. The zero-order chi connectivity index (χ0) is 36.8. The Morgan fingerprint density at radius 2 is 1.65 bits per heavy atom. The fraction of sp³-hybridized carbons (Fsp3) is 0.410. The first-order valence-corrected chi connectivity index (χ1v) is 19.0. The van der Waals surface area contributed by atoms with Crippen molar-refractivity contribution in [2.75, 3.05) is 40.5 Å². The molecule has 1 saturated heterocycles. The third kappa shape index (κ3) is 9.56. The van der Waals surface area contributed by atoms with Gasteiger partial charge in [0.05, 0.1) is 20.3 Å². The highest BCUT2D eigenvalue weighted by molar-refractivity contribution is 7.14. The van der Waals surface area contributed by atoms with Crippen molar-refractivity contribution in [1.82, 2.24) is 10.2 Å². The molecular weight excluding hydrogens is 725 g/mol. The number of likely N-dealkylation sites (tertiary alicyclic amines) is 1. The Kier molecular flexibility index (Phi) is 12.6. The fourth-order valence-corrected chi connectivity index (χ4v) is 8.15. The van der Waals surface area contributed by atoms with Gasteiger partial charge in [0.25, 0.3) is 0 Å². The number of ether oxygens (including phenoxy) is 3. The average molecular weight is 770 g/mol. The molecular formula is C39H44Cl2N3O7S+. The van der Waals surface area contributed by atoms with Crippen LogP contribution in [0.5, 0.6) is 11.5 Å². The van der Waals surface area contributed by atoms with Gasteiger partial charge in [0.2, 0.25) is 12.4 Å². The second kappa shape index (κ2) is 17.3. The summed E-state index contributed by atoms with van der Waals surface area (Å²) in [6.45, 7) is 3.10. The van der Waals surface area contributed by atoms with Crippen LogP contribution in [0.15, 0.2) is 67.0 Å². The van der Waals surface area contributed by atoms with Gasteiger partial charge in [-0.2, -0.15) is 0 Å². The number of nitrogens with one attached hydrogen (secondary N) is 1. The van der Waals surface area contributed by atoms with E-state index in [0.29, 0.717) is 47.7 Å². The molecule has 276 valence electrons. The number of aromatic nitrogens is 1. The van der Waals surface area contributed by atoms with Crippen LogP contribution in [-0.4, -0.2) is 67.6 Å². The van der Waals surface area contributed by atoms with Crippen LogP contribution < -0.4 is 19.5 Å². The van der Waals surface area contributed by atoms with Gasteiger partial charge in [-0.1, -0.05) is 59.6 Å². The van der Waals surface area contributed by atoms with Gasteiger partial charge in [-0.25, -0.2) is 9.59 Å². The summed E-state index contributed by atoms with van der Waals surface area (Å²) >= 11 is 14.4. The number of rotatable bonds is 16. The van der Waals surface area contributed by atoms with Crippen molar-refractivity contribution in [3.8, 4) is 11.5 Å². The van der Waals surface area contributed by atoms with Crippen molar-refractivity contribution in [2.45, 2.75) is 50.6 Å². The maximum atomic E-state index is 13.6. The molecule has 2 aliphatic rings. The number of aromatic carboxylic acids is 1. The zero-order valence-electron chi connectivity index (χ0n) is 29.2. The molecule has 2 fully saturated rings. The zero-order valence-corrected chi connectivity index (χ0v) is 31.6. The van der Waals surface area contributed by atoms with Crippen LogP contribution in [0.2, 0.25) is 10.0 Å². The molecule has 1 aliphatic carbocycles. The van der Waals surface area contributed by atoms with E-state index in [9.17, 15) is 19.9 Å².